The Morgan fingerprint density at radius 1 is 1.88 bits per heavy atom. The lowest BCUT2D eigenvalue weighted by Gasteiger charge is -1.93. The zero-order valence-electron chi connectivity index (χ0n) is 4.89. The Hall–Kier alpha value is -0.770. The second-order valence-electron chi connectivity index (χ2n) is 1.38. The molecule has 48 valence electrons. The minimum Gasteiger partial charge on any atom is -0.368 e. The fraction of sp³-hybridized carbons (Fsp3) is 0.750. The summed E-state index contributed by atoms with van der Waals surface area (Å²) in [5.74, 6) is 0.0758. The molecular weight excluding hydrogens is 106 g/mol. The van der Waals surface area contributed by atoms with Gasteiger partial charge < -0.3 is 5.73 Å². The molecule has 0 fully saturated rings. The molecule has 4 nitrogen and oxygen atoms in total. The van der Waals surface area contributed by atoms with Gasteiger partial charge in [0, 0.05) is 6.54 Å². The van der Waals surface area contributed by atoms with Gasteiger partial charge in [0.15, 0.2) is 0 Å². The van der Waals surface area contributed by atoms with Crippen molar-refractivity contribution in [3.63, 3.8) is 0 Å². The lowest BCUT2D eigenvalue weighted by atomic mass is 10.5. The molecule has 4 heteroatoms. The molecule has 0 heterocycles. The number of rotatable bonds is 2. The van der Waals surface area contributed by atoms with Gasteiger partial charge in [-0.2, -0.15) is 0 Å². The summed E-state index contributed by atoms with van der Waals surface area (Å²) >= 11 is 0. The van der Waals surface area contributed by atoms with E-state index in [1.165, 1.54) is 0 Å². The number of hydrogen-bond acceptors (Lipinski definition) is 2. The van der Waals surface area contributed by atoms with Crippen LogP contribution in [0.25, 0.3) is 0 Å². The van der Waals surface area contributed by atoms with Crippen molar-refractivity contribution in [2.75, 3.05) is 6.54 Å². The first-order valence-electron chi connectivity index (χ1n) is 2.51. The van der Waals surface area contributed by atoms with Crippen LogP contribution in [-0.2, 0) is 0 Å². The van der Waals surface area contributed by atoms with Crippen molar-refractivity contribution < 1.29 is 5.21 Å². The summed E-state index contributed by atoms with van der Waals surface area (Å²) in [6.45, 7) is 2.63. The molecule has 8 heavy (non-hydrogen) atoms. The van der Waals surface area contributed by atoms with Crippen LogP contribution in [0.4, 0.5) is 0 Å². The van der Waals surface area contributed by atoms with Gasteiger partial charge >= 0.3 is 0 Å². The highest BCUT2D eigenvalue weighted by molar-refractivity contribution is 5.76. The zero-order valence-corrected chi connectivity index (χ0v) is 4.89. The van der Waals surface area contributed by atoms with Gasteiger partial charge in [-0.25, -0.2) is 5.48 Å². The van der Waals surface area contributed by atoms with Crippen LogP contribution in [0.1, 0.15) is 13.3 Å². The van der Waals surface area contributed by atoms with E-state index in [2.05, 4.69) is 4.99 Å². The van der Waals surface area contributed by atoms with Gasteiger partial charge in [-0.3, -0.25) is 10.2 Å². The molecule has 0 rings (SSSR count). The summed E-state index contributed by atoms with van der Waals surface area (Å²) in [5.41, 5.74) is 6.78. The Labute approximate surface area is 48.4 Å². The second-order valence-corrected chi connectivity index (χ2v) is 1.38. The summed E-state index contributed by atoms with van der Waals surface area (Å²) < 4.78 is 0. The molecule has 0 aromatic rings. The number of nitrogens with zero attached hydrogens (tertiary/aromatic N) is 1. The number of hydrogen-bond donors (Lipinski definition) is 3. The van der Waals surface area contributed by atoms with E-state index in [0.717, 1.165) is 6.42 Å². The van der Waals surface area contributed by atoms with Gasteiger partial charge in [0.05, 0.1) is 0 Å². The normalized spacial score (nSPS) is 11.5. The second kappa shape index (κ2) is 4.39. The first-order chi connectivity index (χ1) is 3.81. The van der Waals surface area contributed by atoms with Crippen molar-refractivity contribution in [2.24, 2.45) is 10.7 Å². The van der Waals surface area contributed by atoms with Crippen molar-refractivity contribution in [3.05, 3.63) is 0 Å². The third-order valence-electron chi connectivity index (χ3n) is 0.620. The van der Waals surface area contributed by atoms with Crippen LogP contribution in [0.15, 0.2) is 4.99 Å². The van der Waals surface area contributed by atoms with Crippen molar-refractivity contribution >= 4 is 5.96 Å². The summed E-state index contributed by atoms with van der Waals surface area (Å²) in [4.78, 5) is 3.69. The maximum absolute atomic E-state index is 8.06. The van der Waals surface area contributed by atoms with Crippen LogP contribution in [0.5, 0.6) is 0 Å². The fourth-order valence-electron chi connectivity index (χ4n) is 0.268. The van der Waals surface area contributed by atoms with Crippen LogP contribution in [0.2, 0.25) is 0 Å². The van der Waals surface area contributed by atoms with Crippen molar-refractivity contribution in [1.29, 1.82) is 0 Å². The zero-order chi connectivity index (χ0) is 6.41. The average molecular weight is 117 g/mol. The van der Waals surface area contributed by atoms with Crippen molar-refractivity contribution in [3.8, 4) is 0 Å². The maximum Gasteiger partial charge on any atom is 0.212 e. The molecule has 0 atom stereocenters. The Morgan fingerprint density at radius 3 is 2.88 bits per heavy atom. The molecule has 0 saturated carbocycles. The predicted molar refractivity (Wildman–Crippen MR) is 31.7 cm³/mol. The molecule has 0 aliphatic rings. The van der Waals surface area contributed by atoms with Gasteiger partial charge in [-0.05, 0) is 6.42 Å². The number of nitrogens with one attached hydrogen (secondary N) is 1. The molecular formula is C4H11N3O. The van der Waals surface area contributed by atoms with Gasteiger partial charge in [0.1, 0.15) is 0 Å². The summed E-state index contributed by atoms with van der Waals surface area (Å²) in [5, 5.41) is 8.06. The highest BCUT2D eigenvalue weighted by Gasteiger charge is 1.80. The Bertz CT molecular complexity index is 81.4. The van der Waals surface area contributed by atoms with Crippen LogP contribution in [-0.4, -0.2) is 17.7 Å². The molecule has 0 aliphatic carbocycles. The first kappa shape index (κ1) is 7.23. The van der Waals surface area contributed by atoms with E-state index in [1.54, 1.807) is 5.48 Å². The highest BCUT2D eigenvalue weighted by atomic mass is 16.5. The van der Waals surface area contributed by atoms with Gasteiger partial charge in [0.25, 0.3) is 0 Å². The number of aliphatic imine (C=N–C) groups is 1. The van der Waals surface area contributed by atoms with Crippen molar-refractivity contribution in [1.82, 2.24) is 5.48 Å². The van der Waals surface area contributed by atoms with E-state index >= 15 is 0 Å². The van der Waals surface area contributed by atoms with Crippen LogP contribution in [0, 0.1) is 0 Å². The Balaban J connectivity index is 3.26. The predicted octanol–water partition coefficient (Wildman–Crippen LogP) is -0.310. The monoisotopic (exact) mass is 117 g/mol. The quantitative estimate of drug-likeness (QED) is 0.264. The lowest BCUT2D eigenvalue weighted by molar-refractivity contribution is 0.232. The van der Waals surface area contributed by atoms with Crippen LogP contribution >= 0.6 is 0 Å². The molecule has 0 aromatic carbocycles. The molecule has 0 bridgehead atoms. The molecule has 4 N–H and O–H groups in total. The smallest absolute Gasteiger partial charge is 0.212 e. The molecule has 0 radical (unpaired) electrons. The Morgan fingerprint density at radius 2 is 2.50 bits per heavy atom. The first-order valence-corrected chi connectivity index (χ1v) is 2.51. The van der Waals surface area contributed by atoms with Crippen molar-refractivity contribution in [2.45, 2.75) is 13.3 Å². The van der Waals surface area contributed by atoms with Crippen LogP contribution in [0.3, 0.4) is 0 Å². The van der Waals surface area contributed by atoms with E-state index in [0.29, 0.717) is 6.54 Å². The highest BCUT2D eigenvalue weighted by Crippen LogP contribution is 1.74. The van der Waals surface area contributed by atoms with E-state index in [-0.39, 0.29) is 5.96 Å². The lowest BCUT2D eigenvalue weighted by Crippen LogP contribution is -2.28. The van der Waals surface area contributed by atoms with E-state index in [1.807, 2.05) is 6.92 Å². The standard InChI is InChI=1S/C4H11N3O/c1-2-3-6-4(5)7-8/h8H,2-3H2,1H3,(H3,5,6,7). The summed E-state index contributed by atoms with van der Waals surface area (Å²) in [6, 6.07) is 0. The van der Waals surface area contributed by atoms with Crippen LogP contribution < -0.4 is 11.2 Å². The molecule has 0 amide bonds. The average Bonchev–Trinajstić information content (AvgIpc) is 1.83. The van der Waals surface area contributed by atoms with Gasteiger partial charge in [-0.15, -0.1) is 0 Å². The third kappa shape index (κ3) is 3.42. The van der Waals surface area contributed by atoms with Gasteiger partial charge in [-0.1, -0.05) is 6.92 Å². The number of guanidine groups is 1. The van der Waals surface area contributed by atoms with E-state index in [9.17, 15) is 0 Å². The van der Waals surface area contributed by atoms with E-state index in [4.69, 9.17) is 10.9 Å². The van der Waals surface area contributed by atoms with E-state index < -0.39 is 0 Å². The molecule has 0 spiro atoms. The SMILES string of the molecule is CCCN=C(N)NO. The summed E-state index contributed by atoms with van der Waals surface area (Å²) in [6.07, 6.45) is 0.933. The third-order valence-corrected chi connectivity index (χ3v) is 0.620. The molecule has 0 aromatic heterocycles. The minimum atomic E-state index is 0.0758. The largest absolute Gasteiger partial charge is 0.368 e. The number of nitrogens with two attached hydrogens (primary N) is 1. The minimum absolute atomic E-state index is 0.0758. The Kier molecular flexibility index (Phi) is 3.97. The fourth-order valence-corrected chi connectivity index (χ4v) is 0.268. The summed E-state index contributed by atoms with van der Waals surface area (Å²) in [7, 11) is 0. The number of hydroxylamine groups is 1. The molecule has 0 aliphatic heterocycles. The maximum atomic E-state index is 8.06. The van der Waals surface area contributed by atoms with Gasteiger partial charge in [0.2, 0.25) is 5.96 Å². The molecule has 0 unspecified atom stereocenters. The topological polar surface area (TPSA) is 70.6 Å². The molecule has 0 saturated heterocycles.